The number of nitrogens with zero attached hydrogens (tertiary/aromatic N) is 5. The van der Waals surface area contributed by atoms with E-state index >= 15 is 0 Å². The van der Waals surface area contributed by atoms with Crippen LogP contribution in [0.1, 0.15) is 30.9 Å². The van der Waals surface area contributed by atoms with E-state index in [-0.39, 0.29) is 71.0 Å². The molecule has 0 fully saturated rings. The van der Waals surface area contributed by atoms with Crippen LogP contribution in [-0.4, -0.2) is 36.5 Å². The number of benzene rings is 1. The molecule has 0 saturated heterocycles. The van der Waals surface area contributed by atoms with E-state index in [9.17, 15) is 22.8 Å². The summed E-state index contributed by atoms with van der Waals surface area (Å²) in [6.45, 7) is 1.47. The number of halogens is 3. The van der Waals surface area contributed by atoms with Gasteiger partial charge in [-0.05, 0) is 18.2 Å². The van der Waals surface area contributed by atoms with E-state index in [2.05, 4.69) is 30.7 Å². The summed E-state index contributed by atoms with van der Waals surface area (Å²) in [4.78, 5) is 37.7. The molecule has 1 aromatic carbocycles. The number of carbonyl (C=O) groups is 2. The second-order valence-electron chi connectivity index (χ2n) is 8.86. The van der Waals surface area contributed by atoms with Crippen molar-refractivity contribution in [2.75, 3.05) is 10.6 Å². The molecule has 5 heterocycles. The van der Waals surface area contributed by atoms with Gasteiger partial charge in [-0.3, -0.25) is 9.59 Å². The molecule has 176 valence electrons. The lowest BCUT2D eigenvalue weighted by atomic mass is 9.73. The molecule has 2 aliphatic rings. The molecule has 35 heavy (non-hydrogen) atoms. The number of aromatic nitrogens is 5. The third-order valence-electron chi connectivity index (χ3n) is 6.26. The van der Waals surface area contributed by atoms with Crippen molar-refractivity contribution in [3.63, 3.8) is 0 Å². The lowest BCUT2D eigenvalue weighted by molar-refractivity contribution is -0.120. The first-order chi connectivity index (χ1) is 16.7. The van der Waals surface area contributed by atoms with Crippen LogP contribution in [0.4, 0.5) is 24.8 Å². The van der Waals surface area contributed by atoms with Gasteiger partial charge in [0.25, 0.3) is 0 Å². The fourth-order valence-electron chi connectivity index (χ4n) is 4.76. The summed E-state index contributed by atoms with van der Waals surface area (Å²) in [5.41, 5.74) is -0.194. The zero-order chi connectivity index (χ0) is 24.5. The van der Waals surface area contributed by atoms with Gasteiger partial charge >= 0.3 is 0 Å². The Morgan fingerprint density at radius 3 is 2.29 bits per heavy atom. The Hall–Kier alpha value is -4.35. The van der Waals surface area contributed by atoms with E-state index < -0.39 is 22.9 Å². The Morgan fingerprint density at radius 1 is 1.03 bits per heavy atom. The zero-order valence-electron chi connectivity index (χ0n) is 18.2. The minimum atomic E-state index is -0.773. The molecule has 0 atom stereocenters. The Kier molecular flexibility index (Phi) is 4.44. The first-order valence-corrected chi connectivity index (χ1v) is 10.7. The average Bonchev–Trinajstić information content (AvgIpc) is 3.12. The molecule has 0 saturated carbocycles. The number of fused-ring (bicyclic) bond motifs is 1. The van der Waals surface area contributed by atoms with E-state index in [4.69, 9.17) is 0 Å². The van der Waals surface area contributed by atoms with Gasteiger partial charge in [0, 0.05) is 29.4 Å². The van der Waals surface area contributed by atoms with E-state index in [0.717, 1.165) is 24.4 Å². The van der Waals surface area contributed by atoms with Crippen LogP contribution in [0.2, 0.25) is 0 Å². The summed E-state index contributed by atoms with van der Waals surface area (Å²) in [5.74, 6) is -2.38. The molecule has 0 aliphatic carbocycles. The maximum Gasteiger partial charge on any atom is 0.226 e. The number of pyridine rings is 1. The molecule has 0 bridgehead atoms. The average molecular weight is 479 g/mol. The summed E-state index contributed by atoms with van der Waals surface area (Å²) in [6, 6.07) is 4.65. The number of nitrogens with one attached hydrogen (secondary N) is 2. The third-order valence-corrected chi connectivity index (χ3v) is 6.26. The summed E-state index contributed by atoms with van der Waals surface area (Å²) in [5, 5.41) is 10.0. The van der Waals surface area contributed by atoms with Crippen molar-refractivity contribution in [2.45, 2.75) is 31.7 Å². The Balaban J connectivity index is 1.56. The van der Waals surface area contributed by atoms with Gasteiger partial charge in [-0.2, -0.15) is 5.10 Å². The summed E-state index contributed by atoms with van der Waals surface area (Å²) in [6.07, 6.45) is 1.17. The lowest BCUT2D eigenvalue weighted by Gasteiger charge is -2.38. The van der Waals surface area contributed by atoms with Gasteiger partial charge in [0.15, 0.2) is 11.5 Å². The molecule has 12 heteroatoms. The first kappa shape index (κ1) is 21.2. The van der Waals surface area contributed by atoms with Crippen LogP contribution in [-0.2, 0) is 21.5 Å². The normalized spacial score (nSPS) is 16.1. The molecular formula is C23H16F3N7O2. The largest absolute Gasteiger partial charge is 0.310 e. The maximum absolute atomic E-state index is 14.3. The van der Waals surface area contributed by atoms with Gasteiger partial charge in [0.1, 0.15) is 34.8 Å². The van der Waals surface area contributed by atoms with Crippen LogP contribution < -0.4 is 10.6 Å². The summed E-state index contributed by atoms with van der Waals surface area (Å²) in [7, 11) is 0. The predicted molar refractivity (Wildman–Crippen MR) is 118 cm³/mol. The second-order valence-corrected chi connectivity index (χ2v) is 8.86. The van der Waals surface area contributed by atoms with Gasteiger partial charge in [-0.15, -0.1) is 0 Å². The van der Waals surface area contributed by atoms with Crippen molar-refractivity contribution in [3.8, 4) is 11.5 Å². The molecule has 6 rings (SSSR count). The van der Waals surface area contributed by atoms with Crippen molar-refractivity contribution in [3.05, 3.63) is 59.0 Å². The maximum atomic E-state index is 14.3. The Morgan fingerprint density at radius 2 is 1.66 bits per heavy atom. The quantitative estimate of drug-likeness (QED) is 0.466. The smallest absolute Gasteiger partial charge is 0.226 e. The standard InChI is InChI=1S/C23H16F3N7O2/c1-23-6-15(34)28-19-17(23)20(29-16(35)7-23)31-21(30-19)18-11-5-10(24)8-27-22(11)33(32-18)9-12-13(25)3-2-4-14(12)26/h2-5,8H,6-7,9H2,1H3,(H2,28,29,30,31,34,35). The molecule has 4 aromatic rings. The van der Waals surface area contributed by atoms with E-state index in [1.54, 1.807) is 6.92 Å². The van der Waals surface area contributed by atoms with Crippen LogP contribution in [0, 0.1) is 17.5 Å². The summed E-state index contributed by atoms with van der Waals surface area (Å²) < 4.78 is 44.0. The van der Waals surface area contributed by atoms with Crippen LogP contribution in [0.3, 0.4) is 0 Å². The highest BCUT2D eigenvalue weighted by Crippen LogP contribution is 2.46. The number of hydrogen-bond donors (Lipinski definition) is 2. The lowest BCUT2D eigenvalue weighted by Crippen LogP contribution is -2.43. The predicted octanol–water partition coefficient (Wildman–Crippen LogP) is 3.30. The minimum Gasteiger partial charge on any atom is -0.310 e. The Labute approximate surface area is 195 Å². The highest BCUT2D eigenvalue weighted by Gasteiger charge is 2.45. The van der Waals surface area contributed by atoms with Crippen molar-refractivity contribution >= 4 is 34.5 Å². The van der Waals surface area contributed by atoms with Crippen LogP contribution >= 0.6 is 0 Å². The topological polar surface area (TPSA) is 115 Å². The number of hydrogen-bond acceptors (Lipinski definition) is 6. The number of amides is 2. The summed E-state index contributed by atoms with van der Waals surface area (Å²) >= 11 is 0. The number of carbonyl (C=O) groups excluding carboxylic acids is 2. The van der Waals surface area contributed by atoms with E-state index in [1.165, 1.54) is 10.7 Å². The van der Waals surface area contributed by atoms with Crippen molar-refractivity contribution in [1.82, 2.24) is 24.7 Å². The van der Waals surface area contributed by atoms with Gasteiger partial charge in [0.2, 0.25) is 11.8 Å². The van der Waals surface area contributed by atoms with E-state index in [0.29, 0.717) is 5.56 Å². The monoisotopic (exact) mass is 479 g/mol. The van der Waals surface area contributed by atoms with Crippen molar-refractivity contribution < 1.29 is 22.8 Å². The molecule has 9 nitrogen and oxygen atoms in total. The van der Waals surface area contributed by atoms with Gasteiger partial charge in [-0.25, -0.2) is 32.8 Å². The Bertz CT molecular complexity index is 1520. The second kappa shape index (κ2) is 7.32. The molecule has 2 N–H and O–H groups in total. The fourth-order valence-corrected chi connectivity index (χ4v) is 4.76. The van der Waals surface area contributed by atoms with Gasteiger partial charge in [0.05, 0.1) is 18.1 Å². The molecule has 2 amide bonds. The van der Waals surface area contributed by atoms with Gasteiger partial charge < -0.3 is 10.6 Å². The third kappa shape index (κ3) is 3.32. The molecule has 0 radical (unpaired) electrons. The molecule has 2 aliphatic heterocycles. The minimum absolute atomic E-state index is 0.0179. The van der Waals surface area contributed by atoms with Crippen LogP contribution in [0.5, 0.6) is 0 Å². The fraction of sp³-hybridized carbons (Fsp3) is 0.217. The van der Waals surface area contributed by atoms with Crippen molar-refractivity contribution in [1.29, 1.82) is 0 Å². The first-order valence-electron chi connectivity index (χ1n) is 10.7. The highest BCUT2D eigenvalue weighted by atomic mass is 19.1. The number of anilines is 2. The van der Waals surface area contributed by atoms with Crippen LogP contribution in [0.25, 0.3) is 22.6 Å². The highest BCUT2D eigenvalue weighted by molar-refractivity contribution is 6.03. The zero-order valence-corrected chi connectivity index (χ0v) is 18.2. The van der Waals surface area contributed by atoms with Crippen LogP contribution in [0.15, 0.2) is 30.5 Å². The number of rotatable bonds is 3. The van der Waals surface area contributed by atoms with E-state index in [1.807, 2.05) is 0 Å². The van der Waals surface area contributed by atoms with Gasteiger partial charge in [-0.1, -0.05) is 13.0 Å². The SMILES string of the molecule is CC12CC(=O)Nc3nc(-c4nn(Cc5c(F)cccc5F)c5ncc(F)cc45)nc(c31)NC(=O)C2. The molecule has 0 spiro atoms. The van der Waals surface area contributed by atoms with Crippen molar-refractivity contribution in [2.24, 2.45) is 0 Å². The molecular weight excluding hydrogens is 463 g/mol. The molecule has 3 aromatic heterocycles. The molecule has 0 unspecified atom stereocenters.